The number of nitriles is 1. The lowest BCUT2D eigenvalue weighted by Gasteiger charge is -2.20. The summed E-state index contributed by atoms with van der Waals surface area (Å²) >= 11 is 0. The molecule has 0 N–H and O–H groups in total. The molecular weight excluding hydrogens is 282 g/mol. The Morgan fingerprint density at radius 3 is 2.68 bits per heavy atom. The van der Waals surface area contributed by atoms with E-state index in [1.807, 2.05) is 30.3 Å². The van der Waals surface area contributed by atoms with Crippen LogP contribution in [0.1, 0.15) is 11.1 Å². The van der Waals surface area contributed by atoms with Gasteiger partial charge in [0.25, 0.3) is 5.69 Å². The highest BCUT2D eigenvalue weighted by molar-refractivity contribution is 5.65. The van der Waals surface area contributed by atoms with Crippen LogP contribution in [0.15, 0.2) is 42.5 Å². The fraction of sp³-hybridized carbons (Fsp3) is 0.188. The average Bonchev–Trinajstić information content (AvgIpc) is 2.54. The second kappa shape index (κ2) is 6.59. The van der Waals surface area contributed by atoms with Gasteiger partial charge in [0.2, 0.25) is 0 Å². The Kier molecular flexibility index (Phi) is 4.59. The van der Waals surface area contributed by atoms with Gasteiger partial charge in [-0.1, -0.05) is 18.2 Å². The summed E-state index contributed by atoms with van der Waals surface area (Å²) in [5, 5.41) is 20.1. The number of benzene rings is 2. The van der Waals surface area contributed by atoms with Crippen molar-refractivity contribution in [2.24, 2.45) is 0 Å². The predicted octanol–water partition coefficient (Wildman–Crippen LogP) is 3.11. The lowest BCUT2D eigenvalue weighted by molar-refractivity contribution is -0.384. The lowest BCUT2D eigenvalue weighted by Crippen LogP contribution is -2.18. The first-order valence-corrected chi connectivity index (χ1v) is 6.58. The van der Waals surface area contributed by atoms with Gasteiger partial charge in [0, 0.05) is 25.2 Å². The Balaban J connectivity index is 2.35. The van der Waals surface area contributed by atoms with E-state index in [0.717, 1.165) is 11.3 Å². The van der Waals surface area contributed by atoms with Gasteiger partial charge in [0.1, 0.15) is 11.4 Å². The number of nitrogens with zero attached hydrogens (tertiary/aromatic N) is 3. The maximum Gasteiger partial charge on any atom is 0.293 e. The normalized spacial score (nSPS) is 9.86. The van der Waals surface area contributed by atoms with Crippen LogP contribution < -0.4 is 9.64 Å². The van der Waals surface area contributed by atoms with E-state index < -0.39 is 4.92 Å². The van der Waals surface area contributed by atoms with Crippen LogP contribution in [0.25, 0.3) is 0 Å². The van der Waals surface area contributed by atoms with E-state index in [-0.39, 0.29) is 11.3 Å². The Bertz CT molecular complexity index is 738. The number of methoxy groups -OCH3 is 1. The third-order valence-electron chi connectivity index (χ3n) is 3.31. The summed E-state index contributed by atoms with van der Waals surface area (Å²) < 4.78 is 5.29. The van der Waals surface area contributed by atoms with Gasteiger partial charge in [-0.05, 0) is 18.2 Å². The minimum atomic E-state index is -0.477. The van der Waals surface area contributed by atoms with Gasteiger partial charge in [-0.3, -0.25) is 10.1 Å². The summed E-state index contributed by atoms with van der Waals surface area (Å²) in [6.45, 7) is 0.455. The molecule has 0 spiro atoms. The molecule has 6 nitrogen and oxygen atoms in total. The van der Waals surface area contributed by atoms with E-state index in [9.17, 15) is 10.1 Å². The van der Waals surface area contributed by atoms with Gasteiger partial charge in [0.15, 0.2) is 0 Å². The summed E-state index contributed by atoms with van der Waals surface area (Å²) in [5.74, 6) is 0.727. The topological polar surface area (TPSA) is 79.4 Å². The number of para-hydroxylation sites is 1. The molecule has 0 amide bonds. The molecule has 2 aromatic rings. The SMILES string of the molecule is COc1ccccc1CN(C)c1ccc(C#N)cc1[N+](=O)[O-]. The van der Waals surface area contributed by atoms with Crippen molar-refractivity contribution >= 4 is 11.4 Å². The zero-order chi connectivity index (χ0) is 16.1. The zero-order valence-electron chi connectivity index (χ0n) is 12.3. The van der Waals surface area contributed by atoms with Crippen molar-refractivity contribution in [3.05, 3.63) is 63.7 Å². The van der Waals surface area contributed by atoms with Crippen molar-refractivity contribution in [1.29, 1.82) is 5.26 Å². The van der Waals surface area contributed by atoms with Crippen molar-refractivity contribution in [1.82, 2.24) is 0 Å². The molecule has 0 unspecified atom stereocenters. The van der Waals surface area contributed by atoms with Crippen LogP contribution in [0.4, 0.5) is 11.4 Å². The third-order valence-corrected chi connectivity index (χ3v) is 3.31. The molecule has 0 bridgehead atoms. The van der Waals surface area contributed by atoms with Crippen LogP contribution in [0.2, 0.25) is 0 Å². The molecule has 6 heteroatoms. The van der Waals surface area contributed by atoms with Gasteiger partial charge >= 0.3 is 0 Å². The first kappa shape index (κ1) is 15.3. The first-order chi connectivity index (χ1) is 10.6. The van der Waals surface area contributed by atoms with Gasteiger partial charge < -0.3 is 9.64 Å². The van der Waals surface area contributed by atoms with Crippen molar-refractivity contribution < 1.29 is 9.66 Å². The maximum absolute atomic E-state index is 11.2. The second-order valence-electron chi connectivity index (χ2n) is 4.74. The Morgan fingerprint density at radius 1 is 1.32 bits per heavy atom. The molecule has 0 aliphatic heterocycles. The molecule has 2 rings (SSSR count). The van der Waals surface area contributed by atoms with E-state index in [4.69, 9.17) is 10.00 Å². The molecule has 0 saturated carbocycles. The molecule has 0 aliphatic carbocycles. The average molecular weight is 297 g/mol. The van der Waals surface area contributed by atoms with Gasteiger partial charge in [-0.2, -0.15) is 5.26 Å². The number of rotatable bonds is 5. The quantitative estimate of drug-likeness (QED) is 0.625. The van der Waals surface area contributed by atoms with Crippen LogP contribution in [0.3, 0.4) is 0 Å². The Morgan fingerprint density at radius 2 is 2.05 bits per heavy atom. The standard InChI is InChI=1S/C16H15N3O3/c1-18(11-13-5-3-4-6-16(13)22-2)14-8-7-12(10-17)9-15(14)19(20)21/h3-9H,11H2,1-2H3. The lowest BCUT2D eigenvalue weighted by atomic mass is 10.1. The Labute approximate surface area is 128 Å². The van der Waals surface area contributed by atoms with E-state index in [0.29, 0.717) is 12.2 Å². The van der Waals surface area contributed by atoms with Crippen LogP contribution in [-0.4, -0.2) is 19.1 Å². The monoisotopic (exact) mass is 297 g/mol. The highest BCUT2D eigenvalue weighted by Gasteiger charge is 2.19. The molecule has 22 heavy (non-hydrogen) atoms. The predicted molar refractivity (Wildman–Crippen MR) is 82.9 cm³/mol. The number of hydrogen-bond acceptors (Lipinski definition) is 5. The summed E-state index contributed by atoms with van der Waals surface area (Å²) in [6.07, 6.45) is 0. The van der Waals surface area contributed by atoms with Crippen LogP contribution in [0.5, 0.6) is 5.75 Å². The number of nitro groups is 1. The minimum Gasteiger partial charge on any atom is -0.496 e. The van der Waals surface area contributed by atoms with Crippen LogP contribution in [0, 0.1) is 21.4 Å². The maximum atomic E-state index is 11.2. The third kappa shape index (κ3) is 3.15. The summed E-state index contributed by atoms with van der Waals surface area (Å²) in [5.41, 5.74) is 1.55. The van der Waals surface area contributed by atoms with Crippen LogP contribution >= 0.6 is 0 Å². The molecule has 0 fully saturated rings. The van der Waals surface area contributed by atoms with E-state index in [1.165, 1.54) is 6.07 Å². The summed E-state index contributed by atoms with van der Waals surface area (Å²) in [7, 11) is 3.35. The van der Waals surface area contributed by atoms with Crippen molar-refractivity contribution in [2.75, 3.05) is 19.1 Å². The van der Waals surface area contributed by atoms with Crippen molar-refractivity contribution in [3.63, 3.8) is 0 Å². The molecule has 0 radical (unpaired) electrons. The fourth-order valence-electron chi connectivity index (χ4n) is 2.24. The number of hydrogen-bond donors (Lipinski definition) is 0. The smallest absolute Gasteiger partial charge is 0.293 e. The minimum absolute atomic E-state index is 0.0866. The van der Waals surface area contributed by atoms with Crippen molar-refractivity contribution in [2.45, 2.75) is 6.54 Å². The van der Waals surface area contributed by atoms with Gasteiger partial charge in [0.05, 0.1) is 23.7 Å². The highest BCUT2D eigenvalue weighted by atomic mass is 16.6. The second-order valence-corrected chi connectivity index (χ2v) is 4.74. The molecular formula is C16H15N3O3. The number of anilines is 1. The van der Waals surface area contributed by atoms with E-state index >= 15 is 0 Å². The molecule has 112 valence electrons. The van der Waals surface area contributed by atoms with E-state index in [1.54, 1.807) is 31.2 Å². The Hall–Kier alpha value is -3.07. The molecule has 0 aromatic heterocycles. The summed E-state index contributed by atoms with van der Waals surface area (Å²) in [4.78, 5) is 12.5. The van der Waals surface area contributed by atoms with Crippen LogP contribution in [-0.2, 0) is 6.54 Å². The van der Waals surface area contributed by atoms with Gasteiger partial charge in [-0.25, -0.2) is 0 Å². The van der Waals surface area contributed by atoms with E-state index in [2.05, 4.69) is 0 Å². The van der Waals surface area contributed by atoms with Gasteiger partial charge in [-0.15, -0.1) is 0 Å². The number of nitro benzene ring substituents is 1. The first-order valence-electron chi connectivity index (χ1n) is 6.58. The molecule has 2 aromatic carbocycles. The molecule has 0 aliphatic rings. The fourth-order valence-corrected chi connectivity index (χ4v) is 2.24. The molecule has 0 atom stereocenters. The largest absolute Gasteiger partial charge is 0.496 e. The van der Waals surface area contributed by atoms with Crippen molar-refractivity contribution in [3.8, 4) is 11.8 Å². The number of ether oxygens (including phenoxy) is 1. The highest BCUT2D eigenvalue weighted by Crippen LogP contribution is 2.30. The molecule has 0 saturated heterocycles. The summed E-state index contributed by atoms with van der Waals surface area (Å²) in [6, 6.07) is 13.9. The molecule has 0 heterocycles. The zero-order valence-corrected chi connectivity index (χ0v) is 12.3.